The summed E-state index contributed by atoms with van der Waals surface area (Å²) in [6.07, 6.45) is 2.23. The molecule has 0 saturated carbocycles. The first-order valence-corrected chi connectivity index (χ1v) is 5.40. The van der Waals surface area contributed by atoms with Gasteiger partial charge in [-0.3, -0.25) is 0 Å². The van der Waals surface area contributed by atoms with Gasteiger partial charge < -0.3 is 5.73 Å². The maximum absolute atomic E-state index is 5.78. The van der Waals surface area contributed by atoms with Gasteiger partial charge in [0, 0.05) is 4.47 Å². The van der Waals surface area contributed by atoms with Gasteiger partial charge in [-0.2, -0.15) is 0 Å². The number of rotatable bonds is 1. The molecule has 1 aromatic carbocycles. The maximum atomic E-state index is 5.78. The van der Waals surface area contributed by atoms with Gasteiger partial charge in [0.2, 0.25) is 0 Å². The molecule has 70 valence electrons. The summed E-state index contributed by atoms with van der Waals surface area (Å²) in [4.78, 5) is 0. The quantitative estimate of drug-likeness (QED) is 0.801. The standard InChI is InChI=1S/C11H14BrN/c1-11(7-13)5-8-3-2-4-10(12)9(8)6-11/h2-4H,5-7,13H2,1H3. The average Bonchev–Trinajstić information content (AvgIpc) is 2.45. The lowest BCUT2D eigenvalue weighted by atomic mass is 9.88. The third kappa shape index (κ3) is 1.53. The van der Waals surface area contributed by atoms with Crippen LogP contribution in [0, 0.1) is 5.41 Å². The highest BCUT2D eigenvalue weighted by atomic mass is 79.9. The minimum atomic E-state index is 0.284. The van der Waals surface area contributed by atoms with Crippen LogP contribution in [-0.2, 0) is 12.8 Å². The summed E-state index contributed by atoms with van der Waals surface area (Å²) in [5, 5.41) is 0. The van der Waals surface area contributed by atoms with Crippen LogP contribution >= 0.6 is 15.9 Å². The molecule has 0 saturated heterocycles. The molecule has 0 bridgehead atoms. The second kappa shape index (κ2) is 3.10. The summed E-state index contributed by atoms with van der Waals surface area (Å²) >= 11 is 3.59. The molecule has 1 aliphatic carbocycles. The van der Waals surface area contributed by atoms with Gasteiger partial charge in [-0.1, -0.05) is 35.0 Å². The van der Waals surface area contributed by atoms with E-state index in [1.54, 1.807) is 0 Å². The molecule has 1 nitrogen and oxygen atoms in total. The van der Waals surface area contributed by atoms with Gasteiger partial charge in [0.05, 0.1) is 0 Å². The van der Waals surface area contributed by atoms with Crippen LogP contribution in [0.1, 0.15) is 18.1 Å². The Morgan fingerprint density at radius 1 is 1.46 bits per heavy atom. The Morgan fingerprint density at radius 2 is 2.23 bits per heavy atom. The summed E-state index contributed by atoms with van der Waals surface area (Å²) in [6, 6.07) is 6.42. The molecule has 1 unspecified atom stereocenters. The van der Waals surface area contributed by atoms with Crippen molar-refractivity contribution in [2.45, 2.75) is 19.8 Å². The molecular weight excluding hydrogens is 226 g/mol. The normalized spacial score (nSPS) is 26.1. The van der Waals surface area contributed by atoms with Crippen molar-refractivity contribution < 1.29 is 0 Å². The molecular formula is C11H14BrN. The van der Waals surface area contributed by atoms with Crippen LogP contribution in [0.3, 0.4) is 0 Å². The monoisotopic (exact) mass is 239 g/mol. The van der Waals surface area contributed by atoms with Crippen LogP contribution in [0.4, 0.5) is 0 Å². The van der Waals surface area contributed by atoms with Crippen molar-refractivity contribution in [1.29, 1.82) is 0 Å². The third-order valence-electron chi connectivity index (χ3n) is 2.93. The van der Waals surface area contributed by atoms with Crippen molar-refractivity contribution in [3.8, 4) is 0 Å². The van der Waals surface area contributed by atoms with Crippen LogP contribution in [0.5, 0.6) is 0 Å². The lowest BCUT2D eigenvalue weighted by molar-refractivity contribution is 0.359. The Labute approximate surface area is 87.5 Å². The van der Waals surface area contributed by atoms with E-state index in [4.69, 9.17) is 5.73 Å². The highest BCUT2D eigenvalue weighted by Crippen LogP contribution is 2.39. The first kappa shape index (κ1) is 9.22. The number of halogens is 1. The summed E-state index contributed by atoms with van der Waals surface area (Å²) < 4.78 is 1.24. The molecule has 0 spiro atoms. The predicted molar refractivity (Wildman–Crippen MR) is 58.7 cm³/mol. The van der Waals surface area contributed by atoms with E-state index < -0.39 is 0 Å². The largest absolute Gasteiger partial charge is 0.330 e. The molecule has 0 radical (unpaired) electrons. The second-order valence-electron chi connectivity index (χ2n) is 4.25. The van der Waals surface area contributed by atoms with Crippen LogP contribution in [0.25, 0.3) is 0 Å². The fraction of sp³-hybridized carbons (Fsp3) is 0.455. The van der Waals surface area contributed by atoms with Gasteiger partial charge in [0.1, 0.15) is 0 Å². The van der Waals surface area contributed by atoms with Gasteiger partial charge in [0.25, 0.3) is 0 Å². The number of fused-ring (bicyclic) bond motifs is 1. The molecule has 0 heterocycles. The lowest BCUT2D eigenvalue weighted by Gasteiger charge is -2.20. The van der Waals surface area contributed by atoms with E-state index in [2.05, 4.69) is 41.1 Å². The highest BCUT2D eigenvalue weighted by molar-refractivity contribution is 9.10. The lowest BCUT2D eigenvalue weighted by Crippen LogP contribution is -2.27. The Bertz CT molecular complexity index is 335. The number of nitrogens with two attached hydrogens (primary N) is 1. The molecule has 0 fully saturated rings. The first-order valence-electron chi connectivity index (χ1n) is 4.61. The topological polar surface area (TPSA) is 26.0 Å². The summed E-state index contributed by atoms with van der Waals surface area (Å²) in [6.45, 7) is 3.04. The molecule has 0 aliphatic heterocycles. The van der Waals surface area contributed by atoms with Crippen molar-refractivity contribution in [3.05, 3.63) is 33.8 Å². The van der Waals surface area contributed by atoms with E-state index in [9.17, 15) is 0 Å². The van der Waals surface area contributed by atoms with E-state index in [1.807, 2.05) is 0 Å². The minimum absolute atomic E-state index is 0.284. The Morgan fingerprint density at radius 3 is 2.85 bits per heavy atom. The van der Waals surface area contributed by atoms with Gasteiger partial charge in [-0.25, -0.2) is 0 Å². The van der Waals surface area contributed by atoms with Crippen LogP contribution in [0.2, 0.25) is 0 Å². The second-order valence-corrected chi connectivity index (χ2v) is 5.10. The molecule has 0 aromatic heterocycles. The highest BCUT2D eigenvalue weighted by Gasteiger charge is 2.32. The number of benzene rings is 1. The summed E-state index contributed by atoms with van der Waals surface area (Å²) in [7, 11) is 0. The van der Waals surface area contributed by atoms with Gasteiger partial charge in [0.15, 0.2) is 0 Å². The van der Waals surface area contributed by atoms with Crippen LogP contribution in [0.15, 0.2) is 22.7 Å². The van der Waals surface area contributed by atoms with Gasteiger partial charge >= 0.3 is 0 Å². The average molecular weight is 240 g/mol. The zero-order chi connectivity index (χ0) is 9.47. The first-order chi connectivity index (χ1) is 6.14. The number of hydrogen-bond acceptors (Lipinski definition) is 1. The minimum Gasteiger partial charge on any atom is -0.330 e. The summed E-state index contributed by atoms with van der Waals surface area (Å²) in [5.74, 6) is 0. The predicted octanol–water partition coefficient (Wildman–Crippen LogP) is 2.51. The Balaban J connectivity index is 2.40. The molecule has 13 heavy (non-hydrogen) atoms. The molecule has 1 atom stereocenters. The van der Waals surface area contributed by atoms with E-state index in [0.717, 1.165) is 19.4 Å². The molecule has 1 aliphatic rings. The maximum Gasteiger partial charge on any atom is 0.0210 e. The van der Waals surface area contributed by atoms with Crippen molar-refractivity contribution in [1.82, 2.24) is 0 Å². The van der Waals surface area contributed by atoms with Crippen molar-refractivity contribution in [3.63, 3.8) is 0 Å². The third-order valence-corrected chi connectivity index (χ3v) is 3.67. The zero-order valence-corrected chi connectivity index (χ0v) is 9.39. The van der Waals surface area contributed by atoms with Gasteiger partial charge in [-0.15, -0.1) is 0 Å². The van der Waals surface area contributed by atoms with Crippen molar-refractivity contribution in [2.75, 3.05) is 6.54 Å². The molecule has 2 rings (SSSR count). The fourth-order valence-corrected chi connectivity index (χ4v) is 2.61. The van der Waals surface area contributed by atoms with E-state index in [-0.39, 0.29) is 5.41 Å². The zero-order valence-electron chi connectivity index (χ0n) is 7.81. The van der Waals surface area contributed by atoms with Crippen LogP contribution < -0.4 is 5.73 Å². The number of hydrogen-bond donors (Lipinski definition) is 1. The fourth-order valence-electron chi connectivity index (χ4n) is 2.06. The molecule has 2 heteroatoms. The molecule has 2 N–H and O–H groups in total. The van der Waals surface area contributed by atoms with E-state index >= 15 is 0 Å². The summed E-state index contributed by atoms with van der Waals surface area (Å²) in [5.41, 5.74) is 8.98. The van der Waals surface area contributed by atoms with E-state index in [1.165, 1.54) is 15.6 Å². The molecule has 0 amide bonds. The Hall–Kier alpha value is -0.340. The SMILES string of the molecule is CC1(CN)Cc2cccc(Br)c2C1. The van der Waals surface area contributed by atoms with Crippen molar-refractivity contribution in [2.24, 2.45) is 11.1 Å². The van der Waals surface area contributed by atoms with Gasteiger partial charge in [-0.05, 0) is 42.0 Å². The van der Waals surface area contributed by atoms with Crippen molar-refractivity contribution >= 4 is 15.9 Å². The van der Waals surface area contributed by atoms with Crippen LogP contribution in [-0.4, -0.2) is 6.54 Å². The molecule has 1 aromatic rings. The van der Waals surface area contributed by atoms with E-state index in [0.29, 0.717) is 0 Å². The smallest absolute Gasteiger partial charge is 0.0210 e. The Kier molecular flexibility index (Phi) is 2.20.